The van der Waals surface area contributed by atoms with Crippen molar-refractivity contribution in [3.63, 3.8) is 0 Å². The average molecular weight is 654 g/mol. The molecule has 11 nitrogen and oxygen atoms in total. The van der Waals surface area contributed by atoms with Crippen molar-refractivity contribution in [3.8, 4) is 11.5 Å². The summed E-state index contributed by atoms with van der Waals surface area (Å²) in [5.41, 5.74) is 4.12. The lowest BCUT2D eigenvalue weighted by molar-refractivity contribution is -0.136. The number of nitrogens with one attached hydrogen (secondary N) is 2. The van der Waals surface area contributed by atoms with Crippen molar-refractivity contribution < 1.29 is 38.2 Å². The van der Waals surface area contributed by atoms with Gasteiger partial charge in [-0.3, -0.25) is 9.59 Å². The standard InChI is InChI=1S/C35H31N3O8S/c1-3-44-35(43)29-26-17-14-21(2)18-28(26)47-32(29)37-30(39)31(40)38-36-20-24-15-16-25(45-33(41)22-10-6-4-7-11-22)19-27(24)46-34(42)23-12-8-5-9-13-23/h4-13,15-16,19-21H,3,14,17-18H2,1-2H3,(H,37,39)(H,38,40). The molecule has 240 valence electrons. The van der Waals surface area contributed by atoms with Gasteiger partial charge < -0.3 is 19.5 Å². The number of ether oxygens (including phenoxy) is 3. The van der Waals surface area contributed by atoms with Crippen LogP contribution < -0.4 is 20.2 Å². The van der Waals surface area contributed by atoms with Crippen LogP contribution in [0.15, 0.2) is 84.0 Å². The minimum absolute atomic E-state index is 0.0165. The molecule has 0 bridgehead atoms. The van der Waals surface area contributed by atoms with Crippen LogP contribution >= 0.6 is 11.3 Å². The Morgan fingerprint density at radius 3 is 2.19 bits per heavy atom. The number of benzene rings is 3. The van der Waals surface area contributed by atoms with E-state index in [1.165, 1.54) is 35.8 Å². The summed E-state index contributed by atoms with van der Waals surface area (Å²) in [4.78, 5) is 64.7. The zero-order valence-electron chi connectivity index (χ0n) is 25.6. The number of thiophene rings is 1. The fourth-order valence-electron chi connectivity index (χ4n) is 4.88. The molecule has 0 radical (unpaired) electrons. The van der Waals surface area contributed by atoms with Gasteiger partial charge in [-0.25, -0.2) is 19.8 Å². The summed E-state index contributed by atoms with van der Waals surface area (Å²) in [7, 11) is 0. The number of rotatable bonds is 9. The maximum atomic E-state index is 12.8. The van der Waals surface area contributed by atoms with Crippen molar-refractivity contribution in [1.82, 2.24) is 5.43 Å². The van der Waals surface area contributed by atoms with E-state index in [9.17, 15) is 24.0 Å². The minimum Gasteiger partial charge on any atom is -0.462 e. The monoisotopic (exact) mass is 653 g/mol. The topological polar surface area (TPSA) is 149 Å². The first-order valence-corrected chi connectivity index (χ1v) is 15.7. The average Bonchev–Trinajstić information content (AvgIpc) is 3.43. The van der Waals surface area contributed by atoms with Gasteiger partial charge in [0.1, 0.15) is 16.5 Å². The van der Waals surface area contributed by atoms with Gasteiger partial charge in [-0.15, -0.1) is 11.3 Å². The molecule has 1 aromatic heterocycles. The molecule has 0 saturated carbocycles. The van der Waals surface area contributed by atoms with Crippen LogP contribution in [0.2, 0.25) is 0 Å². The van der Waals surface area contributed by atoms with E-state index >= 15 is 0 Å². The van der Waals surface area contributed by atoms with Crippen molar-refractivity contribution in [2.45, 2.75) is 33.1 Å². The van der Waals surface area contributed by atoms with Crippen molar-refractivity contribution >= 4 is 52.3 Å². The van der Waals surface area contributed by atoms with Gasteiger partial charge in [0.15, 0.2) is 0 Å². The van der Waals surface area contributed by atoms with Crippen LogP contribution in [-0.4, -0.2) is 42.5 Å². The van der Waals surface area contributed by atoms with E-state index in [1.54, 1.807) is 67.6 Å². The number of hydrogen-bond donors (Lipinski definition) is 2. The quantitative estimate of drug-likeness (QED) is 0.0782. The number of carbonyl (C=O) groups is 5. The normalized spacial score (nSPS) is 13.7. The Hall–Kier alpha value is -5.62. The molecular formula is C35H31N3O8S. The predicted molar refractivity (Wildman–Crippen MR) is 175 cm³/mol. The van der Waals surface area contributed by atoms with E-state index in [0.29, 0.717) is 17.9 Å². The van der Waals surface area contributed by atoms with E-state index in [0.717, 1.165) is 23.3 Å². The summed E-state index contributed by atoms with van der Waals surface area (Å²) in [6.07, 6.45) is 3.52. The number of esters is 3. The van der Waals surface area contributed by atoms with Gasteiger partial charge in [-0.05, 0) is 74.1 Å². The third-order valence-electron chi connectivity index (χ3n) is 7.21. The molecule has 0 saturated heterocycles. The SMILES string of the molecule is CCOC(=O)c1c(NC(=O)C(=O)NN=Cc2ccc(OC(=O)c3ccccc3)cc2OC(=O)c2ccccc2)sc2c1CCC(C)C2. The van der Waals surface area contributed by atoms with Crippen LogP contribution in [0.5, 0.6) is 11.5 Å². The molecular weight excluding hydrogens is 622 g/mol. The van der Waals surface area contributed by atoms with Crippen LogP contribution in [-0.2, 0) is 27.2 Å². The Balaban J connectivity index is 1.31. The first kappa shape index (κ1) is 32.8. The first-order valence-electron chi connectivity index (χ1n) is 14.9. The Labute approximate surface area is 274 Å². The van der Waals surface area contributed by atoms with Gasteiger partial charge in [-0.1, -0.05) is 43.3 Å². The van der Waals surface area contributed by atoms with E-state index in [4.69, 9.17) is 14.2 Å². The second-order valence-electron chi connectivity index (χ2n) is 10.6. The maximum absolute atomic E-state index is 12.8. The summed E-state index contributed by atoms with van der Waals surface area (Å²) < 4.78 is 16.3. The minimum atomic E-state index is -1.09. The Bertz CT molecular complexity index is 1840. The number of carbonyl (C=O) groups excluding carboxylic acids is 5. The molecule has 2 N–H and O–H groups in total. The molecule has 0 fully saturated rings. The zero-order valence-corrected chi connectivity index (χ0v) is 26.4. The van der Waals surface area contributed by atoms with E-state index in [-0.39, 0.29) is 39.8 Å². The van der Waals surface area contributed by atoms with E-state index in [2.05, 4.69) is 22.8 Å². The summed E-state index contributed by atoms with van der Waals surface area (Å²) in [5, 5.41) is 6.66. The molecule has 1 atom stereocenters. The van der Waals surface area contributed by atoms with Crippen LogP contribution in [0.4, 0.5) is 5.00 Å². The van der Waals surface area contributed by atoms with Crippen LogP contribution in [0, 0.1) is 5.92 Å². The second-order valence-corrected chi connectivity index (χ2v) is 11.7. The van der Waals surface area contributed by atoms with Crippen molar-refractivity contribution in [2.75, 3.05) is 11.9 Å². The fourth-order valence-corrected chi connectivity index (χ4v) is 6.27. The largest absolute Gasteiger partial charge is 0.462 e. The van der Waals surface area contributed by atoms with Gasteiger partial charge in [0, 0.05) is 16.5 Å². The van der Waals surface area contributed by atoms with Crippen LogP contribution in [0.1, 0.15) is 67.3 Å². The van der Waals surface area contributed by atoms with Gasteiger partial charge >= 0.3 is 29.7 Å². The van der Waals surface area contributed by atoms with Crippen molar-refractivity contribution in [1.29, 1.82) is 0 Å². The predicted octanol–water partition coefficient (Wildman–Crippen LogP) is 5.58. The lowest BCUT2D eigenvalue weighted by atomic mass is 9.88. The molecule has 47 heavy (non-hydrogen) atoms. The number of hydrogen-bond acceptors (Lipinski definition) is 10. The van der Waals surface area contributed by atoms with E-state index in [1.807, 2.05) is 0 Å². The Morgan fingerprint density at radius 1 is 0.872 bits per heavy atom. The molecule has 0 spiro atoms. The molecule has 0 aliphatic heterocycles. The summed E-state index contributed by atoms with van der Waals surface area (Å²) in [5.74, 6) is -3.45. The number of anilines is 1. The summed E-state index contributed by atoms with van der Waals surface area (Å²) >= 11 is 1.26. The van der Waals surface area contributed by atoms with Gasteiger partial charge in [0.25, 0.3) is 0 Å². The highest BCUT2D eigenvalue weighted by molar-refractivity contribution is 7.17. The van der Waals surface area contributed by atoms with Gasteiger partial charge in [-0.2, -0.15) is 5.10 Å². The molecule has 1 unspecified atom stereocenters. The Morgan fingerprint density at radius 2 is 1.53 bits per heavy atom. The second kappa shape index (κ2) is 15.1. The smallest absolute Gasteiger partial charge is 0.343 e. The summed E-state index contributed by atoms with van der Waals surface area (Å²) in [6.45, 7) is 3.98. The first-order chi connectivity index (χ1) is 22.7. The van der Waals surface area contributed by atoms with Crippen molar-refractivity contribution in [3.05, 3.63) is 112 Å². The molecule has 1 heterocycles. The number of fused-ring (bicyclic) bond motifs is 1. The molecule has 5 rings (SSSR count). The third kappa shape index (κ3) is 8.16. The lowest BCUT2D eigenvalue weighted by Crippen LogP contribution is -2.32. The maximum Gasteiger partial charge on any atom is 0.343 e. The highest BCUT2D eigenvalue weighted by atomic mass is 32.1. The molecule has 1 aliphatic rings. The zero-order chi connectivity index (χ0) is 33.3. The van der Waals surface area contributed by atoms with Crippen LogP contribution in [0.25, 0.3) is 0 Å². The van der Waals surface area contributed by atoms with Gasteiger partial charge in [0.05, 0.1) is 29.5 Å². The Kier molecular flexibility index (Phi) is 10.5. The number of amides is 2. The van der Waals surface area contributed by atoms with Gasteiger partial charge in [0.2, 0.25) is 0 Å². The number of nitrogens with zero attached hydrogens (tertiary/aromatic N) is 1. The van der Waals surface area contributed by atoms with E-state index < -0.39 is 29.7 Å². The van der Waals surface area contributed by atoms with Crippen LogP contribution in [0.3, 0.4) is 0 Å². The molecule has 12 heteroatoms. The third-order valence-corrected chi connectivity index (χ3v) is 8.38. The number of hydrazone groups is 1. The fraction of sp³-hybridized carbons (Fsp3) is 0.200. The molecule has 4 aromatic rings. The van der Waals surface area contributed by atoms with Crippen molar-refractivity contribution in [2.24, 2.45) is 11.0 Å². The molecule has 2 amide bonds. The lowest BCUT2D eigenvalue weighted by Gasteiger charge is -2.18. The molecule has 3 aromatic carbocycles. The molecule has 1 aliphatic carbocycles. The highest BCUT2D eigenvalue weighted by Gasteiger charge is 2.30. The highest BCUT2D eigenvalue weighted by Crippen LogP contribution is 2.40. The summed E-state index contributed by atoms with van der Waals surface area (Å²) in [6, 6.07) is 20.9.